The van der Waals surface area contributed by atoms with Crippen LogP contribution in [0.15, 0.2) is 22.0 Å². The predicted octanol–water partition coefficient (Wildman–Crippen LogP) is 5.35. The van der Waals surface area contributed by atoms with Crippen molar-refractivity contribution in [3.8, 4) is 0 Å². The van der Waals surface area contributed by atoms with Gasteiger partial charge in [0.15, 0.2) is 0 Å². The summed E-state index contributed by atoms with van der Waals surface area (Å²) in [5.41, 5.74) is -1.52. The Morgan fingerprint density at radius 2 is 1.91 bits per heavy atom. The van der Waals surface area contributed by atoms with Crippen LogP contribution in [0.2, 0.25) is 5.02 Å². The highest BCUT2D eigenvalue weighted by Crippen LogP contribution is 2.52. The smallest absolute Gasteiger partial charge is 0.252 e. The van der Waals surface area contributed by atoms with E-state index in [9.17, 15) is 14.7 Å². The third-order valence-corrected chi connectivity index (χ3v) is 9.87. The highest BCUT2D eigenvalue weighted by Gasteiger charge is 2.55. The molecule has 0 radical (unpaired) electrons. The third-order valence-electron chi connectivity index (χ3n) is 8.68. The minimum absolute atomic E-state index is 0.0424. The van der Waals surface area contributed by atoms with Crippen molar-refractivity contribution in [2.75, 3.05) is 19.3 Å². The zero-order valence-electron chi connectivity index (χ0n) is 20.2. The number of hydrogen-bond donors (Lipinski definition) is 1. The number of aromatic nitrogens is 1. The Hall–Kier alpha value is -0.980. The van der Waals surface area contributed by atoms with E-state index < -0.39 is 5.60 Å². The molecule has 4 rings (SSSR count). The molecular formula is C26H39ClN2O3S. The van der Waals surface area contributed by atoms with Crippen molar-refractivity contribution in [1.82, 2.24) is 9.47 Å². The molecule has 7 heteroatoms. The van der Waals surface area contributed by atoms with E-state index in [-0.39, 0.29) is 29.3 Å². The minimum Gasteiger partial charge on any atom is -0.387 e. The van der Waals surface area contributed by atoms with E-state index in [4.69, 9.17) is 11.6 Å². The largest absolute Gasteiger partial charge is 0.387 e. The summed E-state index contributed by atoms with van der Waals surface area (Å²) in [4.78, 5) is 29.0. The van der Waals surface area contributed by atoms with E-state index in [0.717, 1.165) is 37.0 Å². The number of aliphatic hydroxyl groups is 1. The number of hydrogen-bond acceptors (Lipinski definition) is 4. The van der Waals surface area contributed by atoms with Crippen molar-refractivity contribution in [1.29, 1.82) is 0 Å². The van der Waals surface area contributed by atoms with E-state index in [1.807, 2.05) is 11.2 Å². The Bertz CT molecular complexity index is 907. The molecule has 1 unspecified atom stereocenters. The van der Waals surface area contributed by atoms with Gasteiger partial charge >= 0.3 is 0 Å². The number of likely N-dealkylation sites (tertiary alicyclic amines) is 1. The standard InChI is InChI=1S/C26H39ClN2O3S/c1-19(14-20-8-4-3-5-9-20)24(31)28-13-12-26(32,25(17-28)10-6-7-11-25)18-29-16-22(33-2)21(27)15-23(29)30/h15-16,19-20,32H,3-14,17-18H2,1-2H3/t19-,26?/m1/s1. The zero-order valence-corrected chi connectivity index (χ0v) is 21.7. The van der Waals surface area contributed by atoms with Gasteiger partial charge in [-0.25, -0.2) is 0 Å². The molecule has 1 aromatic heterocycles. The first-order valence-electron chi connectivity index (χ1n) is 12.7. The summed E-state index contributed by atoms with van der Waals surface area (Å²) in [7, 11) is 0. The number of halogens is 1. The van der Waals surface area contributed by atoms with Crippen LogP contribution in [0.25, 0.3) is 0 Å². The molecule has 3 aliphatic rings. The molecule has 184 valence electrons. The average Bonchev–Trinajstić information content (AvgIpc) is 3.28. The lowest BCUT2D eigenvalue weighted by Gasteiger charge is -2.53. The fourth-order valence-corrected chi connectivity index (χ4v) is 7.57. The maximum atomic E-state index is 13.4. The fraction of sp³-hybridized carbons (Fsp3) is 0.769. The van der Waals surface area contributed by atoms with E-state index in [1.54, 1.807) is 10.8 Å². The van der Waals surface area contributed by atoms with Crippen molar-refractivity contribution < 1.29 is 9.90 Å². The predicted molar refractivity (Wildman–Crippen MR) is 135 cm³/mol. The van der Waals surface area contributed by atoms with Crippen LogP contribution < -0.4 is 5.56 Å². The van der Waals surface area contributed by atoms with Crippen LogP contribution >= 0.6 is 23.4 Å². The van der Waals surface area contributed by atoms with Crippen LogP contribution in [0.1, 0.15) is 77.6 Å². The first kappa shape index (κ1) is 25.1. The molecule has 1 N–H and O–H groups in total. The summed E-state index contributed by atoms with van der Waals surface area (Å²) in [5.74, 6) is 0.977. The highest BCUT2D eigenvalue weighted by molar-refractivity contribution is 7.98. The molecule has 2 saturated carbocycles. The summed E-state index contributed by atoms with van der Waals surface area (Å²) in [6, 6.07) is 1.45. The molecule has 1 saturated heterocycles. The van der Waals surface area contributed by atoms with Gasteiger partial charge in [0.2, 0.25) is 5.91 Å². The van der Waals surface area contributed by atoms with Gasteiger partial charge in [0.1, 0.15) is 0 Å². The fourth-order valence-electron chi connectivity index (χ4n) is 6.71. The van der Waals surface area contributed by atoms with Gasteiger partial charge in [0.25, 0.3) is 5.56 Å². The number of amides is 1. The van der Waals surface area contributed by atoms with Gasteiger partial charge in [0, 0.05) is 41.6 Å². The Labute approximate surface area is 207 Å². The van der Waals surface area contributed by atoms with Crippen molar-refractivity contribution in [2.24, 2.45) is 17.3 Å². The Morgan fingerprint density at radius 3 is 2.58 bits per heavy atom. The number of thioether (sulfide) groups is 1. The molecule has 2 aliphatic carbocycles. The van der Waals surface area contributed by atoms with Crippen LogP contribution in [0.5, 0.6) is 0 Å². The molecule has 1 amide bonds. The maximum absolute atomic E-state index is 13.4. The topological polar surface area (TPSA) is 62.5 Å². The molecule has 2 atom stereocenters. The average molecular weight is 495 g/mol. The Balaban J connectivity index is 1.50. The maximum Gasteiger partial charge on any atom is 0.252 e. The summed E-state index contributed by atoms with van der Waals surface area (Å²) >= 11 is 7.71. The van der Waals surface area contributed by atoms with Crippen molar-refractivity contribution in [3.63, 3.8) is 0 Å². The van der Waals surface area contributed by atoms with Gasteiger partial charge < -0.3 is 14.6 Å². The van der Waals surface area contributed by atoms with E-state index in [2.05, 4.69) is 6.92 Å². The number of nitrogens with zero attached hydrogens (tertiary/aromatic N) is 2. The van der Waals surface area contributed by atoms with Gasteiger partial charge in [0.05, 0.1) is 17.2 Å². The first-order valence-corrected chi connectivity index (χ1v) is 14.3. The summed E-state index contributed by atoms with van der Waals surface area (Å²) in [6.07, 6.45) is 15.6. The molecule has 0 bridgehead atoms. The second-order valence-electron chi connectivity index (χ2n) is 10.8. The minimum atomic E-state index is -1.000. The second kappa shape index (κ2) is 10.3. The summed E-state index contributed by atoms with van der Waals surface area (Å²) < 4.78 is 1.63. The normalized spacial score (nSPS) is 26.6. The van der Waals surface area contributed by atoms with Gasteiger partial charge in [-0.2, -0.15) is 0 Å². The molecular weight excluding hydrogens is 456 g/mol. The third kappa shape index (κ3) is 5.18. The Kier molecular flexibility index (Phi) is 7.86. The van der Waals surface area contributed by atoms with Gasteiger partial charge in [-0.15, -0.1) is 11.8 Å². The van der Waals surface area contributed by atoms with Crippen LogP contribution in [-0.2, 0) is 11.3 Å². The quantitative estimate of drug-likeness (QED) is 0.541. The van der Waals surface area contributed by atoms with Crippen molar-refractivity contribution in [2.45, 2.75) is 94.6 Å². The zero-order chi connectivity index (χ0) is 23.6. The van der Waals surface area contributed by atoms with E-state index in [1.165, 1.54) is 49.9 Å². The lowest BCUT2D eigenvalue weighted by molar-refractivity contribution is -0.163. The Morgan fingerprint density at radius 1 is 1.21 bits per heavy atom. The number of pyridine rings is 1. The molecule has 1 aromatic rings. The lowest BCUT2D eigenvalue weighted by atomic mass is 9.65. The van der Waals surface area contributed by atoms with Crippen molar-refractivity contribution >= 4 is 29.3 Å². The van der Waals surface area contributed by atoms with Crippen LogP contribution in [0.3, 0.4) is 0 Å². The SMILES string of the molecule is CSc1cn(CC2(O)CCN(C(=O)[C@H](C)CC3CCCCC3)CC23CCCC3)c(=O)cc1Cl. The number of carbonyl (C=O) groups excluding carboxylic acids is 1. The van der Waals surface area contributed by atoms with Crippen LogP contribution in [-0.4, -0.2) is 45.4 Å². The second-order valence-corrected chi connectivity index (χ2v) is 12.1. The van der Waals surface area contributed by atoms with Crippen molar-refractivity contribution in [3.05, 3.63) is 27.6 Å². The van der Waals surface area contributed by atoms with Gasteiger partial charge in [-0.3, -0.25) is 9.59 Å². The summed E-state index contributed by atoms with van der Waals surface area (Å²) in [6.45, 7) is 3.52. The summed E-state index contributed by atoms with van der Waals surface area (Å²) in [5, 5.41) is 12.5. The van der Waals surface area contributed by atoms with Crippen LogP contribution in [0, 0.1) is 17.3 Å². The number of rotatable bonds is 6. The van der Waals surface area contributed by atoms with E-state index in [0.29, 0.717) is 30.5 Å². The molecule has 33 heavy (non-hydrogen) atoms. The molecule has 1 spiro atoms. The number of carbonyl (C=O) groups is 1. The molecule has 5 nitrogen and oxygen atoms in total. The molecule has 3 fully saturated rings. The molecule has 1 aliphatic heterocycles. The lowest BCUT2D eigenvalue weighted by Crippen LogP contribution is -2.62. The molecule has 2 heterocycles. The van der Waals surface area contributed by atoms with Crippen LogP contribution in [0.4, 0.5) is 0 Å². The highest BCUT2D eigenvalue weighted by atomic mass is 35.5. The first-order chi connectivity index (χ1) is 15.8. The monoisotopic (exact) mass is 494 g/mol. The number of piperidine rings is 1. The van der Waals surface area contributed by atoms with Gasteiger partial charge in [-0.1, -0.05) is 63.5 Å². The van der Waals surface area contributed by atoms with E-state index >= 15 is 0 Å². The van der Waals surface area contributed by atoms with Gasteiger partial charge in [-0.05, 0) is 37.9 Å². The molecule has 0 aromatic carbocycles.